The van der Waals surface area contributed by atoms with E-state index in [9.17, 15) is 8.42 Å². The summed E-state index contributed by atoms with van der Waals surface area (Å²) in [5, 5.41) is 0. The molecule has 1 fully saturated rings. The van der Waals surface area contributed by atoms with Crippen LogP contribution in [0.25, 0.3) is 0 Å². The Morgan fingerprint density at radius 1 is 1.13 bits per heavy atom. The summed E-state index contributed by atoms with van der Waals surface area (Å²) >= 11 is 0. The van der Waals surface area contributed by atoms with E-state index in [-0.39, 0.29) is 6.10 Å². The fourth-order valence-corrected chi connectivity index (χ4v) is 4.36. The minimum absolute atomic E-state index is 0.148. The zero-order chi connectivity index (χ0) is 16.6. The zero-order valence-electron chi connectivity index (χ0n) is 13.5. The molecule has 0 aliphatic carbocycles. The molecule has 0 bridgehead atoms. The van der Waals surface area contributed by atoms with Crippen molar-refractivity contribution in [1.29, 1.82) is 0 Å². The van der Waals surface area contributed by atoms with E-state index >= 15 is 0 Å². The van der Waals surface area contributed by atoms with E-state index in [1.54, 1.807) is 12.1 Å². The van der Waals surface area contributed by atoms with Gasteiger partial charge in [-0.2, -0.15) is 4.31 Å². The van der Waals surface area contributed by atoms with Gasteiger partial charge in [0.05, 0.1) is 18.0 Å². The lowest BCUT2D eigenvalue weighted by molar-refractivity contribution is 0.0719. The van der Waals surface area contributed by atoms with E-state index in [4.69, 9.17) is 4.74 Å². The van der Waals surface area contributed by atoms with Crippen molar-refractivity contribution in [3.63, 3.8) is 0 Å². The summed E-state index contributed by atoms with van der Waals surface area (Å²) in [7, 11) is -3.45. The van der Waals surface area contributed by atoms with E-state index in [0.717, 1.165) is 16.8 Å². The molecular formula is C17H20N2O3S. The smallest absolute Gasteiger partial charge is 0.243 e. The third kappa shape index (κ3) is 3.23. The first-order valence-corrected chi connectivity index (χ1v) is 8.98. The Bertz CT molecular complexity index is 827. The van der Waals surface area contributed by atoms with Crippen LogP contribution in [0.1, 0.15) is 16.8 Å². The number of pyridine rings is 1. The van der Waals surface area contributed by atoms with Crippen LogP contribution in [0.15, 0.2) is 41.3 Å². The third-order valence-electron chi connectivity index (χ3n) is 3.91. The Morgan fingerprint density at radius 3 is 2.52 bits per heavy atom. The number of aryl methyl sites for hydroxylation is 3. The van der Waals surface area contributed by atoms with Crippen molar-refractivity contribution in [2.45, 2.75) is 31.8 Å². The molecule has 1 aliphatic heterocycles. The van der Waals surface area contributed by atoms with Crippen LogP contribution in [-0.4, -0.2) is 36.9 Å². The maximum Gasteiger partial charge on any atom is 0.243 e. The molecule has 23 heavy (non-hydrogen) atoms. The predicted molar refractivity (Wildman–Crippen MR) is 88.1 cm³/mol. The van der Waals surface area contributed by atoms with Crippen molar-refractivity contribution in [2.75, 3.05) is 13.1 Å². The number of hydrogen-bond donors (Lipinski definition) is 0. The minimum Gasteiger partial charge on any atom is -0.472 e. The molecule has 0 spiro atoms. The van der Waals surface area contributed by atoms with Gasteiger partial charge in [-0.3, -0.25) is 0 Å². The Hall–Kier alpha value is -1.92. The molecule has 1 aromatic carbocycles. The van der Waals surface area contributed by atoms with Gasteiger partial charge in [-0.25, -0.2) is 13.4 Å². The van der Waals surface area contributed by atoms with Gasteiger partial charge < -0.3 is 4.74 Å². The van der Waals surface area contributed by atoms with Crippen molar-refractivity contribution < 1.29 is 13.2 Å². The number of aromatic nitrogens is 1. The summed E-state index contributed by atoms with van der Waals surface area (Å²) in [5.74, 6) is 0.540. The second kappa shape index (κ2) is 5.94. The molecular weight excluding hydrogens is 312 g/mol. The largest absolute Gasteiger partial charge is 0.472 e. The van der Waals surface area contributed by atoms with E-state index in [1.807, 2.05) is 45.0 Å². The summed E-state index contributed by atoms with van der Waals surface area (Å²) < 4.78 is 32.5. The summed E-state index contributed by atoms with van der Waals surface area (Å²) in [6, 6.07) is 10.9. The monoisotopic (exact) mass is 332 g/mol. The Kier molecular flexibility index (Phi) is 4.12. The molecule has 2 heterocycles. The zero-order valence-corrected chi connectivity index (χ0v) is 14.3. The Labute approximate surface area is 137 Å². The van der Waals surface area contributed by atoms with E-state index in [1.165, 1.54) is 4.31 Å². The maximum atomic E-state index is 12.7. The molecule has 0 saturated carbocycles. The molecule has 0 amide bonds. The number of sulfonamides is 1. The highest BCUT2D eigenvalue weighted by molar-refractivity contribution is 7.89. The van der Waals surface area contributed by atoms with Gasteiger partial charge in [0.2, 0.25) is 15.9 Å². The van der Waals surface area contributed by atoms with Gasteiger partial charge in [-0.05, 0) is 38.5 Å². The van der Waals surface area contributed by atoms with Crippen molar-refractivity contribution >= 4 is 10.0 Å². The first-order valence-electron chi connectivity index (χ1n) is 7.54. The van der Waals surface area contributed by atoms with Crippen LogP contribution in [0.5, 0.6) is 5.88 Å². The fourth-order valence-electron chi connectivity index (χ4n) is 2.65. The standard InChI is InChI=1S/C17H20N2O3S/c1-12-7-8-16(13(2)9-12)23(20,21)19-10-15(11-19)22-17-6-4-5-14(3)18-17/h4-9,15H,10-11H2,1-3H3. The minimum atomic E-state index is -3.45. The number of nitrogens with zero attached hydrogens (tertiary/aromatic N) is 2. The lowest BCUT2D eigenvalue weighted by atomic mass is 10.2. The lowest BCUT2D eigenvalue weighted by Crippen LogP contribution is -2.56. The predicted octanol–water partition coefficient (Wildman–Crippen LogP) is 2.46. The van der Waals surface area contributed by atoms with Crippen molar-refractivity contribution in [1.82, 2.24) is 9.29 Å². The van der Waals surface area contributed by atoms with E-state index < -0.39 is 10.0 Å². The van der Waals surface area contributed by atoms with Crippen molar-refractivity contribution in [3.8, 4) is 5.88 Å². The van der Waals surface area contributed by atoms with Gasteiger partial charge >= 0.3 is 0 Å². The molecule has 5 nitrogen and oxygen atoms in total. The molecule has 0 atom stereocenters. The molecule has 1 aliphatic rings. The van der Waals surface area contributed by atoms with Gasteiger partial charge in [-0.15, -0.1) is 0 Å². The van der Waals surface area contributed by atoms with Crippen molar-refractivity contribution in [3.05, 3.63) is 53.2 Å². The van der Waals surface area contributed by atoms with Gasteiger partial charge in [0.1, 0.15) is 6.10 Å². The average Bonchev–Trinajstić information content (AvgIpc) is 2.41. The third-order valence-corrected chi connectivity index (χ3v) is 5.90. The van der Waals surface area contributed by atoms with Gasteiger partial charge in [-0.1, -0.05) is 23.8 Å². The first-order chi connectivity index (χ1) is 10.9. The molecule has 0 N–H and O–H groups in total. The van der Waals surface area contributed by atoms with Crippen LogP contribution in [0, 0.1) is 20.8 Å². The molecule has 0 unspecified atom stereocenters. The quantitative estimate of drug-likeness (QED) is 0.863. The van der Waals surface area contributed by atoms with Gasteiger partial charge in [0.15, 0.2) is 0 Å². The Morgan fingerprint density at radius 2 is 1.87 bits per heavy atom. The van der Waals surface area contributed by atoms with Crippen LogP contribution in [-0.2, 0) is 10.0 Å². The van der Waals surface area contributed by atoms with Crippen LogP contribution in [0.2, 0.25) is 0 Å². The number of hydrogen-bond acceptors (Lipinski definition) is 4. The summed E-state index contributed by atoms with van der Waals surface area (Å²) in [6.45, 7) is 6.37. The summed E-state index contributed by atoms with van der Waals surface area (Å²) in [4.78, 5) is 4.64. The molecule has 3 rings (SSSR count). The molecule has 1 saturated heterocycles. The summed E-state index contributed by atoms with van der Waals surface area (Å²) in [5.41, 5.74) is 2.70. The topological polar surface area (TPSA) is 59.5 Å². The highest BCUT2D eigenvalue weighted by Gasteiger charge is 2.38. The molecule has 2 aromatic rings. The van der Waals surface area contributed by atoms with Crippen LogP contribution in [0.3, 0.4) is 0 Å². The SMILES string of the molecule is Cc1ccc(S(=O)(=O)N2CC(Oc3cccc(C)n3)C2)c(C)c1. The number of benzene rings is 1. The molecule has 122 valence electrons. The maximum absolute atomic E-state index is 12.7. The second-order valence-electron chi connectivity index (χ2n) is 5.95. The number of rotatable bonds is 4. The van der Waals surface area contributed by atoms with Crippen LogP contribution < -0.4 is 4.74 Å². The summed E-state index contributed by atoms with van der Waals surface area (Å²) in [6.07, 6.45) is -0.148. The second-order valence-corrected chi connectivity index (χ2v) is 7.85. The fraction of sp³-hybridized carbons (Fsp3) is 0.353. The molecule has 6 heteroatoms. The van der Waals surface area contributed by atoms with Crippen LogP contribution in [0.4, 0.5) is 0 Å². The highest BCUT2D eigenvalue weighted by atomic mass is 32.2. The highest BCUT2D eigenvalue weighted by Crippen LogP contribution is 2.26. The van der Waals surface area contributed by atoms with Crippen LogP contribution >= 0.6 is 0 Å². The van der Waals surface area contributed by atoms with Gasteiger partial charge in [0.25, 0.3) is 0 Å². The Balaban J connectivity index is 1.68. The first kappa shape index (κ1) is 16.0. The number of ether oxygens (including phenoxy) is 1. The lowest BCUT2D eigenvalue weighted by Gasteiger charge is -2.37. The van der Waals surface area contributed by atoms with E-state index in [2.05, 4.69) is 4.98 Å². The van der Waals surface area contributed by atoms with Gasteiger partial charge in [0, 0.05) is 11.8 Å². The molecule has 0 radical (unpaired) electrons. The van der Waals surface area contributed by atoms with E-state index in [0.29, 0.717) is 23.9 Å². The average molecular weight is 332 g/mol. The molecule has 1 aromatic heterocycles. The van der Waals surface area contributed by atoms with Crippen molar-refractivity contribution in [2.24, 2.45) is 0 Å². The normalized spacial score (nSPS) is 16.1.